The van der Waals surface area contributed by atoms with Crippen molar-refractivity contribution in [1.82, 2.24) is 14.9 Å². The van der Waals surface area contributed by atoms with Gasteiger partial charge in [0.05, 0.1) is 11.4 Å². The number of nitrogens with one attached hydrogen (secondary N) is 1. The summed E-state index contributed by atoms with van der Waals surface area (Å²) < 4.78 is 15.2. The third kappa shape index (κ3) is 4.01. The van der Waals surface area contributed by atoms with E-state index in [1.54, 1.807) is 30.5 Å². The van der Waals surface area contributed by atoms with Gasteiger partial charge in [0.2, 0.25) is 0 Å². The van der Waals surface area contributed by atoms with Crippen LogP contribution in [0.1, 0.15) is 27.3 Å². The zero-order valence-corrected chi connectivity index (χ0v) is 16.9. The van der Waals surface area contributed by atoms with Gasteiger partial charge in [-0.05, 0) is 67.9 Å². The van der Waals surface area contributed by atoms with Crippen LogP contribution in [0.3, 0.4) is 0 Å². The molecule has 0 aliphatic heterocycles. The lowest BCUT2D eigenvalue weighted by molar-refractivity contribution is 0.0951. The first-order valence-corrected chi connectivity index (χ1v) is 9.76. The van der Waals surface area contributed by atoms with Gasteiger partial charge in [-0.15, -0.1) is 0 Å². The standard InChI is InChI=1S/C25H22FN3O/c1-17-5-6-18(2)29(17)23-4-3-15-27-24(23)20-9-11-21(12-10-20)25(30)28-16-19-7-13-22(26)14-8-19/h3-15H,16H2,1-2H3,(H,28,30). The van der Waals surface area contributed by atoms with Gasteiger partial charge < -0.3 is 9.88 Å². The maximum Gasteiger partial charge on any atom is 0.251 e. The molecule has 5 heteroatoms. The highest BCUT2D eigenvalue weighted by atomic mass is 19.1. The van der Waals surface area contributed by atoms with E-state index in [1.165, 1.54) is 12.1 Å². The molecule has 0 atom stereocenters. The van der Waals surface area contributed by atoms with E-state index >= 15 is 0 Å². The van der Waals surface area contributed by atoms with Crippen molar-refractivity contribution in [3.63, 3.8) is 0 Å². The number of carbonyl (C=O) groups excluding carboxylic acids is 1. The van der Waals surface area contributed by atoms with Crippen molar-refractivity contribution in [2.75, 3.05) is 0 Å². The molecule has 2 aromatic heterocycles. The van der Waals surface area contributed by atoms with Crippen LogP contribution in [0.4, 0.5) is 4.39 Å². The highest BCUT2D eigenvalue weighted by Gasteiger charge is 2.13. The van der Waals surface area contributed by atoms with E-state index in [0.29, 0.717) is 12.1 Å². The molecule has 30 heavy (non-hydrogen) atoms. The first kappa shape index (κ1) is 19.6. The molecule has 0 bridgehead atoms. The number of rotatable bonds is 5. The second-order valence-corrected chi connectivity index (χ2v) is 7.21. The van der Waals surface area contributed by atoms with Crippen LogP contribution in [-0.4, -0.2) is 15.5 Å². The second kappa shape index (κ2) is 8.33. The summed E-state index contributed by atoms with van der Waals surface area (Å²) in [7, 11) is 0. The average molecular weight is 399 g/mol. The van der Waals surface area contributed by atoms with Crippen LogP contribution < -0.4 is 5.32 Å². The Hall–Kier alpha value is -3.73. The van der Waals surface area contributed by atoms with E-state index in [0.717, 1.165) is 33.9 Å². The summed E-state index contributed by atoms with van der Waals surface area (Å²) in [5, 5.41) is 2.86. The van der Waals surface area contributed by atoms with Crippen molar-refractivity contribution in [1.29, 1.82) is 0 Å². The van der Waals surface area contributed by atoms with Crippen molar-refractivity contribution in [2.45, 2.75) is 20.4 Å². The van der Waals surface area contributed by atoms with Crippen LogP contribution >= 0.6 is 0 Å². The molecule has 0 saturated heterocycles. The van der Waals surface area contributed by atoms with E-state index in [2.05, 4.69) is 40.8 Å². The molecule has 1 amide bonds. The fraction of sp³-hybridized carbons (Fsp3) is 0.120. The number of hydrogen-bond acceptors (Lipinski definition) is 2. The molecule has 0 spiro atoms. The monoisotopic (exact) mass is 399 g/mol. The predicted octanol–water partition coefficient (Wildman–Crippen LogP) is 5.23. The van der Waals surface area contributed by atoms with Gasteiger partial charge in [0.15, 0.2) is 0 Å². The summed E-state index contributed by atoms with van der Waals surface area (Å²) >= 11 is 0. The number of carbonyl (C=O) groups is 1. The van der Waals surface area contributed by atoms with Crippen molar-refractivity contribution < 1.29 is 9.18 Å². The molecule has 0 aliphatic carbocycles. The van der Waals surface area contributed by atoms with Gasteiger partial charge in [-0.3, -0.25) is 9.78 Å². The molecule has 4 rings (SSSR count). The SMILES string of the molecule is Cc1ccc(C)n1-c1cccnc1-c1ccc(C(=O)NCc2ccc(F)cc2)cc1. The molecular weight excluding hydrogens is 377 g/mol. The first-order chi connectivity index (χ1) is 14.5. The number of nitrogens with zero attached hydrogens (tertiary/aromatic N) is 2. The van der Waals surface area contributed by atoms with Crippen molar-refractivity contribution >= 4 is 5.91 Å². The number of halogens is 1. The molecule has 0 saturated carbocycles. The zero-order chi connectivity index (χ0) is 21.1. The van der Waals surface area contributed by atoms with Crippen LogP contribution in [0.15, 0.2) is 79.0 Å². The maximum absolute atomic E-state index is 13.0. The van der Waals surface area contributed by atoms with Crippen LogP contribution in [0.2, 0.25) is 0 Å². The quantitative estimate of drug-likeness (QED) is 0.500. The lowest BCUT2D eigenvalue weighted by atomic mass is 10.1. The molecule has 0 unspecified atom stereocenters. The summed E-state index contributed by atoms with van der Waals surface area (Å²) in [5.74, 6) is -0.468. The minimum atomic E-state index is -0.292. The van der Waals surface area contributed by atoms with Crippen molar-refractivity contribution in [3.05, 3.63) is 107 Å². The highest BCUT2D eigenvalue weighted by molar-refractivity contribution is 5.94. The highest BCUT2D eigenvalue weighted by Crippen LogP contribution is 2.27. The Labute approximate surface area is 175 Å². The third-order valence-electron chi connectivity index (χ3n) is 5.09. The number of aryl methyl sites for hydroxylation is 2. The third-order valence-corrected chi connectivity index (χ3v) is 5.09. The van der Waals surface area contributed by atoms with Gasteiger partial charge in [-0.25, -0.2) is 4.39 Å². The Morgan fingerprint density at radius 3 is 2.27 bits per heavy atom. The number of benzene rings is 2. The van der Waals surface area contributed by atoms with Crippen molar-refractivity contribution in [3.8, 4) is 16.9 Å². The summed E-state index contributed by atoms with van der Waals surface area (Å²) in [6, 6.07) is 21.6. The van der Waals surface area contributed by atoms with E-state index in [9.17, 15) is 9.18 Å². The van der Waals surface area contributed by atoms with E-state index in [1.807, 2.05) is 24.3 Å². The molecule has 4 nitrogen and oxygen atoms in total. The molecule has 0 aliphatic rings. The molecule has 2 aromatic carbocycles. The van der Waals surface area contributed by atoms with Crippen LogP contribution in [0, 0.1) is 19.7 Å². The fourth-order valence-electron chi connectivity index (χ4n) is 3.51. The molecular formula is C25H22FN3O. The predicted molar refractivity (Wildman–Crippen MR) is 116 cm³/mol. The molecule has 4 aromatic rings. The Morgan fingerprint density at radius 1 is 0.933 bits per heavy atom. The van der Waals surface area contributed by atoms with Crippen molar-refractivity contribution in [2.24, 2.45) is 0 Å². The van der Waals surface area contributed by atoms with E-state index in [4.69, 9.17) is 0 Å². The fourth-order valence-corrected chi connectivity index (χ4v) is 3.51. The Kier molecular flexibility index (Phi) is 5.44. The van der Waals surface area contributed by atoms with Gasteiger partial charge in [0.1, 0.15) is 5.82 Å². The van der Waals surface area contributed by atoms with Gasteiger partial charge in [-0.2, -0.15) is 0 Å². The first-order valence-electron chi connectivity index (χ1n) is 9.76. The number of aromatic nitrogens is 2. The van der Waals surface area contributed by atoms with Crippen LogP contribution in [-0.2, 0) is 6.54 Å². The van der Waals surface area contributed by atoms with Crippen LogP contribution in [0.5, 0.6) is 0 Å². The topological polar surface area (TPSA) is 46.9 Å². The summed E-state index contributed by atoms with van der Waals surface area (Å²) in [6.45, 7) is 4.48. The molecule has 0 radical (unpaired) electrons. The van der Waals surface area contributed by atoms with E-state index in [-0.39, 0.29) is 11.7 Å². The number of hydrogen-bond donors (Lipinski definition) is 1. The zero-order valence-electron chi connectivity index (χ0n) is 16.9. The smallest absolute Gasteiger partial charge is 0.251 e. The molecule has 150 valence electrons. The summed E-state index contributed by atoms with van der Waals surface area (Å²) in [5.41, 5.74) is 6.48. The largest absolute Gasteiger partial charge is 0.348 e. The molecule has 2 heterocycles. The van der Waals surface area contributed by atoms with Gasteiger partial charge in [0.25, 0.3) is 5.91 Å². The minimum absolute atomic E-state index is 0.177. The average Bonchev–Trinajstić information content (AvgIpc) is 3.11. The van der Waals surface area contributed by atoms with Gasteiger partial charge >= 0.3 is 0 Å². The van der Waals surface area contributed by atoms with Gasteiger partial charge in [0, 0.05) is 35.3 Å². The molecule has 0 fully saturated rings. The van der Waals surface area contributed by atoms with Crippen LogP contribution in [0.25, 0.3) is 16.9 Å². The summed E-state index contributed by atoms with van der Waals surface area (Å²) in [6.07, 6.45) is 1.77. The maximum atomic E-state index is 13.0. The Bertz CT molecular complexity index is 1160. The van der Waals surface area contributed by atoms with Gasteiger partial charge in [-0.1, -0.05) is 24.3 Å². The normalized spacial score (nSPS) is 10.8. The Balaban J connectivity index is 1.54. The lowest BCUT2D eigenvalue weighted by Gasteiger charge is -2.14. The summed E-state index contributed by atoms with van der Waals surface area (Å²) in [4.78, 5) is 17.1. The number of pyridine rings is 1. The Morgan fingerprint density at radius 2 is 1.60 bits per heavy atom. The number of amides is 1. The minimum Gasteiger partial charge on any atom is -0.348 e. The second-order valence-electron chi connectivity index (χ2n) is 7.21. The van der Waals surface area contributed by atoms with E-state index < -0.39 is 0 Å². The molecule has 1 N–H and O–H groups in total. The lowest BCUT2D eigenvalue weighted by Crippen LogP contribution is -2.22.